The lowest BCUT2D eigenvalue weighted by Gasteiger charge is -2.24. The van der Waals surface area contributed by atoms with Crippen molar-refractivity contribution in [3.05, 3.63) is 59.2 Å². The van der Waals surface area contributed by atoms with Crippen LogP contribution in [0.25, 0.3) is 22.2 Å². The molecule has 1 saturated carbocycles. The first kappa shape index (κ1) is 18.9. The zero-order valence-electron chi connectivity index (χ0n) is 17.0. The fourth-order valence-electron chi connectivity index (χ4n) is 5.27. The van der Waals surface area contributed by atoms with E-state index in [1.807, 2.05) is 12.1 Å². The Morgan fingerprint density at radius 1 is 1.07 bits per heavy atom. The van der Waals surface area contributed by atoms with Gasteiger partial charge in [0.15, 0.2) is 0 Å². The predicted molar refractivity (Wildman–Crippen MR) is 117 cm³/mol. The van der Waals surface area contributed by atoms with Crippen LogP contribution in [0.15, 0.2) is 42.5 Å². The van der Waals surface area contributed by atoms with Crippen molar-refractivity contribution < 1.29 is 14.7 Å². The van der Waals surface area contributed by atoms with Gasteiger partial charge in [-0.25, -0.2) is 4.79 Å². The largest absolute Gasteiger partial charge is 0.478 e. The molecule has 1 aliphatic carbocycles. The molecule has 0 bridgehead atoms. The van der Waals surface area contributed by atoms with Crippen molar-refractivity contribution in [2.75, 3.05) is 6.54 Å². The van der Waals surface area contributed by atoms with Crippen LogP contribution in [0.4, 0.5) is 0 Å². The highest BCUT2D eigenvalue weighted by Gasteiger charge is 2.29. The Balaban J connectivity index is 1.86. The van der Waals surface area contributed by atoms with Crippen LogP contribution in [0.1, 0.15) is 59.5 Å². The van der Waals surface area contributed by atoms with E-state index < -0.39 is 5.97 Å². The molecule has 0 atom stereocenters. The predicted octanol–water partition coefficient (Wildman–Crippen LogP) is 4.73. The van der Waals surface area contributed by atoms with E-state index in [0.29, 0.717) is 12.5 Å². The highest BCUT2D eigenvalue weighted by Crippen LogP contribution is 2.45. The van der Waals surface area contributed by atoms with Gasteiger partial charge in [0.1, 0.15) is 6.54 Å². The number of hydrogen-bond donors (Lipinski definition) is 2. The van der Waals surface area contributed by atoms with Gasteiger partial charge in [0.05, 0.1) is 16.8 Å². The molecule has 1 fully saturated rings. The van der Waals surface area contributed by atoms with E-state index in [-0.39, 0.29) is 18.0 Å². The van der Waals surface area contributed by atoms with Crippen LogP contribution in [0.2, 0.25) is 0 Å². The third kappa shape index (κ3) is 3.18. The molecule has 5 rings (SSSR count). The van der Waals surface area contributed by atoms with E-state index in [1.54, 1.807) is 12.1 Å². The highest BCUT2D eigenvalue weighted by molar-refractivity contribution is 5.99. The molecule has 0 unspecified atom stereocenters. The fourth-order valence-corrected chi connectivity index (χ4v) is 5.27. The minimum absolute atomic E-state index is 0.0307. The van der Waals surface area contributed by atoms with Crippen molar-refractivity contribution in [3.8, 4) is 11.3 Å². The number of carboxylic acid groups (broad SMARTS) is 1. The summed E-state index contributed by atoms with van der Waals surface area (Å²) < 4.78 is 2.06. The summed E-state index contributed by atoms with van der Waals surface area (Å²) in [4.78, 5) is 24.4. The number of carboxylic acids is 1. The normalized spacial score (nSPS) is 17.4. The molecule has 2 heterocycles. The molecule has 1 aliphatic heterocycles. The average Bonchev–Trinajstić information content (AvgIpc) is 3.10. The molecule has 30 heavy (non-hydrogen) atoms. The van der Waals surface area contributed by atoms with Gasteiger partial charge in [-0.2, -0.15) is 0 Å². The molecule has 3 aromatic rings. The van der Waals surface area contributed by atoms with Crippen LogP contribution in [-0.4, -0.2) is 28.1 Å². The minimum atomic E-state index is -0.945. The maximum absolute atomic E-state index is 12.7. The van der Waals surface area contributed by atoms with E-state index >= 15 is 0 Å². The second kappa shape index (κ2) is 7.63. The second-order valence-corrected chi connectivity index (χ2v) is 8.48. The molecular weight excluding hydrogens is 376 g/mol. The topological polar surface area (TPSA) is 71.3 Å². The Morgan fingerprint density at radius 3 is 2.67 bits per heavy atom. The molecule has 2 aliphatic rings. The van der Waals surface area contributed by atoms with Crippen molar-refractivity contribution in [3.63, 3.8) is 0 Å². The number of aromatic nitrogens is 1. The first-order valence-electron chi connectivity index (χ1n) is 10.9. The maximum Gasteiger partial charge on any atom is 0.335 e. The Bertz CT molecular complexity index is 1140. The molecule has 1 amide bonds. The van der Waals surface area contributed by atoms with Crippen LogP contribution in [0.3, 0.4) is 0 Å². The van der Waals surface area contributed by atoms with Crippen molar-refractivity contribution in [1.82, 2.24) is 9.88 Å². The molecule has 154 valence electrons. The van der Waals surface area contributed by atoms with Crippen LogP contribution in [-0.2, 0) is 17.8 Å². The van der Waals surface area contributed by atoms with Gasteiger partial charge in [-0.1, -0.05) is 49.6 Å². The number of nitrogens with zero attached hydrogens (tertiary/aromatic N) is 1. The first-order valence-corrected chi connectivity index (χ1v) is 10.9. The summed E-state index contributed by atoms with van der Waals surface area (Å²) in [5.74, 6) is -0.540. The summed E-state index contributed by atoms with van der Waals surface area (Å²) in [5, 5.41) is 13.7. The average molecular weight is 402 g/mol. The van der Waals surface area contributed by atoms with Crippen LogP contribution in [0.5, 0.6) is 0 Å². The van der Waals surface area contributed by atoms with Crippen LogP contribution >= 0.6 is 0 Å². The van der Waals surface area contributed by atoms with E-state index in [0.717, 1.165) is 35.9 Å². The number of carbonyl (C=O) groups excluding carboxylic acids is 1. The first-order chi connectivity index (χ1) is 14.6. The summed E-state index contributed by atoms with van der Waals surface area (Å²) in [6.07, 6.45) is 6.76. The molecule has 0 saturated heterocycles. The quantitative estimate of drug-likeness (QED) is 0.651. The smallest absolute Gasteiger partial charge is 0.335 e. The van der Waals surface area contributed by atoms with E-state index in [4.69, 9.17) is 0 Å². The summed E-state index contributed by atoms with van der Waals surface area (Å²) in [7, 11) is 0. The van der Waals surface area contributed by atoms with Gasteiger partial charge in [0, 0.05) is 17.5 Å². The van der Waals surface area contributed by atoms with Crippen molar-refractivity contribution >= 4 is 22.8 Å². The molecular formula is C25H26N2O3. The van der Waals surface area contributed by atoms with Crippen LogP contribution in [0, 0.1) is 0 Å². The number of amides is 1. The van der Waals surface area contributed by atoms with Gasteiger partial charge < -0.3 is 15.0 Å². The van der Waals surface area contributed by atoms with Gasteiger partial charge >= 0.3 is 5.97 Å². The lowest BCUT2D eigenvalue weighted by molar-refractivity contribution is -0.121. The van der Waals surface area contributed by atoms with Gasteiger partial charge in [0.2, 0.25) is 5.91 Å². The monoisotopic (exact) mass is 402 g/mol. The van der Waals surface area contributed by atoms with Gasteiger partial charge in [-0.15, -0.1) is 0 Å². The Hall–Kier alpha value is -3.08. The molecule has 2 aromatic carbocycles. The van der Waals surface area contributed by atoms with Gasteiger partial charge in [-0.3, -0.25) is 4.79 Å². The molecule has 5 heteroatoms. The van der Waals surface area contributed by atoms with Crippen molar-refractivity contribution in [2.45, 2.75) is 51.0 Å². The Morgan fingerprint density at radius 2 is 1.87 bits per heavy atom. The second-order valence-electron chi connectivity index (χ2n) is 8.48. The van der Waals surface area contributed by atoms with Gasteiger partial charge in [0.25, 0.3) is 0 Å². The summed E-state index contributed by atoms with van der Waals surface area (Å²) >= 11 is 0. The number of carbonyl (C=O) groups is 2. The number of nitrogens with one attached hydrogen (secondary N) is 1. The fraction of sp³-hybridized carbons (Fsp3) is 0.360. The minimum Gasteiger partial charge on any atom is -0.478 e. The number of benzene rings is 2. The van der Waals surface area contributed by atoms with Crippen molar-refractivity contribution in [2.24, 2.45) is 0 Å². The van der Waals surface area contributed by atoms with E-state index in [9.17, 15) is 14.7 Å². The number of hydrogen-bond acceptors (Lipinski definition) is 2. The molecule has 2 N–H and O–H groups in total. The summed E-state index contributed by atoms with van der Waals surface area (Å²) in [5.41, 5.74) is 5.89. The SMILES string of the molecule is O=C1Cn2c(c(C3CCCCC3)c3ccc(C(=O)O)cc32)-c2ccccc2CCN1. The summed E-state index contributed by atoms with van der Waals surface area (Å²) in [6.45, 7) is 0.813. The van der Waals surface area contributed by atoms with Crippen molar-refractivity contribution in [1.29, 1.82) is 0 Å². The third-order valence-corrected chi connectivity index (χ3v) is 6.65. The van der Waals surface area contributed by atoms with Gasteiger partial charge in [-0.05, 0) is 48.4 Å². The standard InChI is InChI=1S/C25H26N2O3/c28-22-15-27-21-14-18(25(29)30)10-11-20(21)23(17-7-2-1-3-8-17)24(27)19-9-5-4-6-16(19)12-13-26-22/h4-6,9-11,14,17H,1-3,7-8,12-13,15H2,(H,26,28)(H,29,30). The van der Waals surface area contributed by atoms with E-state index in [2.05, 4.69) is 28.1 Å². The number of fused-ring (bicyclic) bond motifs is 5. The number of aromatic carboxylic acids is 1. The Kier molecular flexibility index (Phi) is 4.81. The summed E-state index contributed by atoms with van der Waals surface area (Å²) in [6, 6.07) is 13.8. The zero-order chi connectivity index (χ0) is 20.7. The highest BCUT2D eigenvalue weighted by atomic mass is 16.4. The lowest BCUT2D eigenvalue weighted by atomic mass is 9.81. The third-order valence-electron chi connectivity index (χ3n) is 6.65. The molecule has 1 aromatic heterocycles. The lowest BCUT2D eigenvalue weighted by Crippen LogP contribution is -2.28. The van der Waals surface area contributed by atoms with E-state index in [1.165, 1.54) is 36.0 Å². The molecule has 0 spiro atoms. The van der Waals surface area contributed by atoms with Crippen LogP contribution < -0.4 is 5.32 Å². The maximum atomic E-state index is 12.7. The Labute approximate surface area is 175 Å². The molecule has 0 radical (unpaired) electrons. The number of rotatable bonds is 2. The zero-order valence-corrected chi connectivity index (χ0v) is 17.0. The molecule has 5 nitrogen and oxygen atoms in total.